The molecule has 0 saturated carbocycles. The zero-order valence-electron chi connectivity index (χ0n) is 14.5. The number of esters is 1. The van der Waals surface area contributed by atoms with Gasteiger partial charge in [-0.3, -0.25) is 4.79 Å². The van der Waals surface area contributed by atoms with E-state index in [9.17, 15) is 9.59 Å². The Morgan fingerprint density at radius 2 is 1.60 bits per heavy atom. The summed E-state index contributed by atoms with van der Waals surface area (Å²) in [4.78, 5) is 24.1. The summed E-state index contributed by atoms with van der Waals surface area (Å²) in [6, 6.07) is 18.5. The highest BCUT2D eigenvalue weighted by Crippen LogP contribution is 2.14. The van der Waals surface area contributed by atoms with Crippen molar-refractivity contribution in [2.24, 2.45) is 0 Å². The van der Waals surface area contributed by atoms with Crippen LogP contribution in [0, 0.1) is 0 Å². The molecule has 0 radical (unpaired) electrons. The molecule has 25 heavy (non-hydrogen) atoms. The standard InChI is InChI=1S/C20H23NO4/c1-3-18(25-17-12-8-5-9-13-17)20(23)24-14-19(22)21-15(2)16-10-6-4-7-11-16/h4-13,15,18H,3,14H2,1-2H3,(H,21,22)/t15-,18-/m0/s1. The summed E-state index contributed by atoms with van der Waals surface area (Å²) >= 11 is 0. The molecule has 1 amide bonds. The van der Waals surface area contributed by atoms with Crippen LogP contribution in [0.25, 0.3) is 0 Å². The van der Waals surface area contributed by atoms with Crippen molar-refractivity contribution in [2.45, 2.75) is 32.4 Å². The van der Waals surface area contributed by atoms with Gasteiger partial charge in [0.25, 0.3) is 5.91 Å². The molecule has 2 rings (SSSR count). The van der Waals surface area contributed by atoms with Gasteiger partial charge in [0.2, 0.25) is 0 Å². The third-order valence-electron chi connectivity index (χ3n) is 3.68. The first-order valence-corrected chi connectivity index (χ1v) is 8.32. The molecule has 2 aromatic rings. The first-order chi connectivity index (χ1) is 12.1. The van der Waals surface area contributed by atoms with Gasteiger partial charge in [-0.1, -0.05) is 55.5 Å². The molecular weight excluding hydrogens is 318 g/mol. The predicted octanol–water partition coefficient (Wildman–Crippen LogP) is 3.26. The molecule has 0 aliphatic rings. The zero-order valence-corrected chi connectivity index (χ0v) is 14.5. The lowest BCUT2D eigenvalue weighted by Crippen LogP contribution is -2.35. The number of hydrogen-bond acceptors (Lipinski definition) is 4. The van der Waals surface area contributed by atoms with Crippen molar-refractivity contribution < 1.29 is 19.1 Å². The Labute approximate surface area is 148 Å². The highest BCUT2D eigenvalue weighted by molar-refractivity contribution is 5.82. The van der Waals surface area contributed by atoms with Gasteiger partial charge in [0, 0.05) is 0 Å². The molecule has 0 saturated heterocycles. The molecular formula is C20H23NO4. The molecule has 1 N–H and O–H groups in total. The number of benzene rings is 2. The molecule has 0 aliphatic heterocycles. The number of rotatable bonds is 8. The minimum Gasteiger partial charge on any atom is -0.479 e. The van der Waals surface area contributed by atoms with Gasteiger partial charge in [-0.25, -0.2) is 4.79 Å². The highest BCUT2D eigenvalue weighted by Gasteiger charge is 2.21. The van der Waals surface area contributed by atoms with E-state index in [0.29, 0.717) is 12.2 Å². The van der Waals surface area contributed by atoms with E-state index in [1.807, 2.05) is 62.4 Å². The molecule has 0 spiro atoms. The summed E-state index contributed by atoms with van der Waals surface area (Å²) in [6.07, 6.45) is -0.280. The van der Waals surface area contributed by atoms with E-state index >= 15 is 0 Å². The van der Waals surface area contributed by atoms with E-state index in [0.717, 1.165) is 5.56 Å². The van der Waals surface area contributed by atoms with Gasteiger partial charge >= 0.3 is 5.97 Å². The average molecular weight is 341 g/mol. The van der Waals surface area contributed by atoms with E-state index in [-0.39, 0.29) is 18.6 Å². The van der Waals surface area contributed by atoms with Crippen molar-refractivity contribution in [3.05, 3.63) is 66.2 Å². The Morgan fingerprint density at radius 1 is 1.00 bits per heavy atom. The van der Waals surface area contributed by atoms with Crippen molar-refractivity contribution in [1.82, 2.24) is 5.32 Å². The first-order valence-electron chi connectivity index (χ1n) is 8.32. The van der Waals surface area contributed by atoms with Gasteiger partial charge in [0.15, 0.2) is 12.7 Å². The Hall–Kier alpha value is -2.82. The number of nitrogens with one attached hydrogen (secondary N) is 1. The van der Waals surface area contributed by atoms with Gasteiger partial charge in [0.05, 0.1) is 6.04 Å². The van der Waals surface area contributed by atoms with Crippen LogP contribution in [0.15, 0.2) is 60.7 Å². The minimum atomic E-state index is -0.734. The second-order valence-electron chi connectivity index (χ2n) is 5.64. The topological polar surface area (TPSA) is 64.6 Å². The Bertz CT molecular complexity index is 673. The van der Waals surface area contributed by atoms with Crippen LogP contribution in [0.4, 0.5) is 0 Å². The van der Waals surface area contributed by atoms with E-state index in [4.69, 9.17) is 9.47 Å². The fourth-order valence-corrected chi connectivity index (χ4v) is 2.30. The largest absolute Gasteiger partial charge is 0.479 e. The quantitative estimate of drug-likeness (QED) is 0.749. The Morgan fingerprint density at radius 3 is 2.20 bits per heavy atom. The van der Waals surface area contributed by atoms with Crippen LogP contribution in [-0.4, -0.2) is 24.6 Å². The van der Waals surface area contributed by atoms with Gasteiger partial charge in [-0.15, -0.1) is 0 Å². The van der Waals surface area contributed by atoms with Crippen molar-refractivity contribution >= 4 is 11.9 Å². The number of carbonyl (C=O) groups is 2. The van der Waals surface area contributed by atoms with Crippen LogP contribution in [0.1, 0.15) is 31.9 Å². The van der Waals surface area contributed by atoms with Gasteiger partial charge < -0.3 is 14.8 Å². The van der Waals surface area contributed by atoms with Crippen LogP contribution in [0.5, 0.6) is 5.75 Å². The number of hydrogen-bond donors (Lipinski definition) is 1. The van der Waals surface area contributed by atoms with E-state index in [1.54, 1.807) is 12.1 Å². The molecule has 0 bridgehead atoms. The van der Waals surface area contributed by atoms with Crippen LogP contribution in [0.2, 0.25) is 0 Å². The van der Waals surface area contributed by atoms with E-state index in [1.165, 1.54) is 0 Å². The molecule has 0 aliphatic carbocycles. The lowest BCUT2D eigenvalue weighted by molar-refractivity contribution is -0.155. The Kier molecular flexibility index (Phi) is 7.01. The molecule has 2 atom stereocenters. The second kappa shape index (κ2) is 9.47. The molecule has 0 fully saturated rings. The van der Waals surface area contributed by atoms with Crippen LogP contribution in [0.3, 0.4) is 0 Å². The predicted molar refractivity (Wildman–Crippen MR) is 95.1 cm³/mol. The maximum Gasteiger partial charge on any atom is 0.347 e. The SMILES string of the molecule is CC[C@H](Oc1ccccc1)C(=O)OCC(=O)N[C@@H](C)c1ccccc1. The molecule has 0 unspecified atom stereocenters. The van der Waals surface area contributed by atoms with E-state index in [2.05, 4.69) is 5.32 Å². The summed E-state index contributed by atoms with van der Waals surface area (Å²) < 4.78 is 10.7. The normalized spacial score (nSPS) is 12.7. The summed E-state index contributed by atoms with van der Waals surface area (Å²) in [7, 11) is 0. The molecule has 132 valence electrons. The van der Waals surface area contributed by atoms with Gasteiger partial charge in [0.1, 0.15) is 5.75 Å². The maximum absolute atomic E-state index is 12.1. The monoisotopic (exact) mass is 341 g/mol. The second-order valence-corrected chi connectivity index (χ2v) is 5.64. The lowest BCUT2D eigenvalue weighted by atomic mass is 10.1. The van der Waals surface area contributed by atoms with Crippen LogP contribution in [-0.2, 0) is 14.3 Å². The summed E-state index contributed by atoms with van der Waals surface area (Å²) in [6.45, 7) is 3.37. The highest BCUT2D eigenvalue weighted by atomic mass is 16.6. The van der Waals surface area contributed by atoms with Crippen LogP contribution >= 0.6 is 0 Å². The summed E-state index contributed by atoms with van der Waals surface area (Å²) in [5, 5.41) is 2.80. The smallest absolute Gasteiger partial charge is 0.347 e. The molecule has 0 aromatic heterocycles. The van der Waals surface area contributed by atoms with Crippen molar-refractivity contribution in [3.8, 4) is 5.75 Å². The zero-order chi connectivity index (χ0) is 18.1. The van der Waals surface area contributed by atoms with Gasteiger partial charge in [-0.2, -0.15) is 0 Å². The number of para-hydroxylation sites is 1. The summed E-state index contributed by atoms with van der Waals surface area (Å²) in [5.41, 5.74) is 0.987. The molecule has 2 aromatic carbocycles. The van der Waals surface area contributed by atoms with Crippen LogP contribution < -0.4 is 10.1 Å². The fraction of sp³-hybridized carbons (Fsp3) is 0.300. The van der Waals surface area contributed by atoms with Crippen molar-refractivity contribution in [3.63, 3.8) is 0 Å². The third-order valence-corrected chi connectivity index (χ3v) is 3.68. The number of ether oxygens (including phenoxy) is 2. The lowest BCUT2D eigenvalue weighted by Gasteiger charge is -2.17. The fourth-order valence-electron chi connectivity index (χ4n) is 2.30. The molecule has 5 nitrogen and oxygen atoms in total. The first kappa shape index (κ1) is 18.5. The average Bonchev–Trinajstić information content (AvgIpc) is 2.65. The molecule has 5 heteroatoms. The van der Waals surface area contributed by atoms with E-state index < -0.39 is 12.1 Å². The third kappa shape index (κ3) is 5.95. The van der Waals surface area contributed by atoms with Crippen molar-refractivity contribution in [2.75, 3.05) is 6.61 Å². The minimum absolute atomic E-state index is 0.157. The van der Waals surface area contributed by atoms with Crippen molar-refractivity contribution in [1.29, 1.82) is 0 Å². The Balaban J connectivity index is 1.80. The summed E-state index contributed by atoms with van der Waals surface area (Å²) in [5.74, 6) is -0.304. The maximum atomic E-state index is 12.1. The molecule has 0 heterocycles. The number of amides is 1. The van der Waals surface area contributed by atoms with Gasteiger partial charge in [-0.05, 0) is 31.0 Å². The number of carbonyl (C=O) groups excluding carboxylic acids is 2.